The van der Waals surface area contributed by atoms with E-state index in [1.165, 1.54) is 28.6 Å². The number of nitrogens with two attached hydrogens (primary N) is 1. The van der Waals surface area contributed by atoms with Gasteiger partial charge in [0.1, 0.15) is 33.8 Å². The molecule has 1 unspecified atom stereocenters. The molecule has 238 valence electrons. The molecule has 1 atom stereocenters. The Morgan fingerprint density at radius 2 is 1.47 bits per heavy atom. The first-order valence-electron chi connectivity index (χ1n) is 14.3. The minimum absolute atomic E-state index is 0.0145. The van der Waals surface area contributed by atoms with Crippen molar-refractivity contribution in [3.8, 4) is 11.5 Å². The average Bonchev–Trinajstić information content (AvgIpc) is 3.52. The van der Waals surface area contributed by atoms with Crippen molar-refractivity contribution < 1.29 is 42.3 Å². The minimum Gasteiger partial charge on any atom is -0.457 e. The van der Waals surface area contributed by atoms with Crippen LogP contribution in [0.1, 0.15) is 32.1 Å². The molecule has 2 aromatic rings. The molecule has 3 rings (SSSR count). The van der Waals surface area contributed by atoms with Crippen LogP contribution in [-0.4, -0.2) is 90.4 Å². The van der Waals surface area contributed by atoms with E-state index >= 15 is 0 Å². The topological polar surface area (TPSA) is 162 Å². The van der Waals surface area contributed by atoms with Gasteiger partial charge in [0.05, 0.1) is 44.5 Å². The molecule has 0 bridgehead atoms. The number of hydroxylamine groups is 1. The summed E-state index contributed by atoms with van der Waals surface area (Å²) in [5.41, 5.74) is 5.84. The van der Waals surface area contributed by atoms with E-state index in [1.54, 1.807) is 29.7 Å². The molecule has 0 aliphatic heterocycles. The number of benzene rings is 2. The molecule has 0 heterocycles. The number of hydrogen-bond acceptors (Lipinski definition) is 9. The molecular formula is C29H41FN4O8S. The second-order valence-corrected chi connectivity index (χ2v) is 11.2. The summed E-state index contributed by atoms with van der Waals surface area (Å²) in [4.78, 5) is 25.9. The molecule has 5 N–H and O–H groups in total. The van der Waals surface area contributed by atoms with Gasteiger partial charge in [0.2, 0.25) is 5.91 Å². The first-order chi connectivity index (χ1) is 20.9. The van der Waals surface area contributed by atoms with Crippen LogP contribution in [-0.2, 0) is 34.8 Å². The Kier molecular flexibility index (Phi) is 15.0. The smallest absolute Gasteiger partial charge is 0.264 e. The summed E-state index contributed by atoms with van der Waals surface area (Å²) in [5, 5.41) is 12.3. The number of ether oxygens (including phenoxy) is 4. The lowest BCUT2D eigenvalue weighted by Gasteiger charge is -2.37. The second kappa shape index (κ2) is 18.6. The Morgan fingerprint density at radius 3 is 2.05 bits per heavy atom. The van der Waals surface area contributed by atoms with Gasteiger partial charge >= 0.3 is 0 Å². The van der Waals surface area contributed by atoms with Crippen molar-refractivity contribution >= 4 is 22.8 Å². The average molecular weight is 625 g/mol. The van der Waals surface area contributed by atoms with E-state index in [0.29, 0.717) is 81.7 Å². The number of nitrogens with one attached hydrogen (secondary N) is 2. The van der Waals surface area contributed by atoms with Gasteiger partial charge in [-0.2, -0.15) is 0 Å². The third-order valence-corrected chi connectivity index (χ3v) is 8.43. The summed E-state index contributed by atoms with van der Waals surface area (Å²) in [7, 11) is -1.84. The molecule has 0 radical (unpaired) electrons. The molecule has 0 saturated heterocycles. The van der Waals surface area contributed by atoms with Crippen LogP contribution in [0, 0.1) is 5.82 Å². The summed E-state index contributed by atoms with van der Waals surface area (Å²) in [6, 6.07) is 12.0. The zero-order chi connectivity index (χ0) is 30.9. The van der Waals surface area contributed by atoms with Crippen molar-refractivity contribution in [2.75, 3.05) is 59.3 Å². The molecule has 1 fully saturated rings. The lowest BCUT2D eigenvalue weighted by molar-refractivity contribution is -0.139. The molecule has 1 saturated carbocycles. The zero-order valence-electron chi connectivity index (χ0n) is 24.1. The predicted molar refractivity (Wildman–Crippen MR) is 156 cm³/mol. The van der Waals surface area contributed by atoms with Gasteiger partial charge in [-0.1, -0.05) is 12.8 Å². The molecule has 0 aromatic heterocycles. The van der Waals surface area contributed by atoms with E-state index in [0.717, 1.165) is 0 Å². The Labute approximate surface area is 253 Å². The molecule has 14 heteroatoms. The number of carbonyl (C=O) groups is 2. The van der Waals surface area contributed by atoms with Gasteiger partial charge < -0.3 is 30.0 Å². The predicted octanol–water partition coefficient (Wildman–Crippen LogP) is 2.28. The van der Waals surface area contributed by atoms with Crippen LogP contribution >= 0.6 is 0 Å². The van der Waals surface area contributed by atoms with Gasteiger partial charge in [-0.15, -0.1) is 0 Å². The fraction of sp³-hybridized carbons (Fsp3) is 0.517. The Hall–Kier alpha value is -2.98. The van der Waals surface area contributed by atoms with Crippen LogP contribution in [0.2, 0.25) is 0 Å². The van der Waals surface area contributed by atoms with Gasteiger partial charge in [-0.25, -0.2) is 18.4 Å². The molecule has 0 spiro atoms. The quantitative estimate of drug-likeness (QED) is 0.0984. The lowest BCUT2D eigenvalue weighted by Crippen LogP contribution is -2.57. The normalized spacial score (nSPS) is 14.9. The first kappa shape index (κ1) is 34.5. The summed E-state index contributed by atoms with van der Waals surface area (Å²) in [5.74, 6) is -0.436. The maximum Gasteiger partial charge on any atom is 0.264 e. The standard InChI is InChI=1S/C29H41FN4O8S/c30-23-3-5-24(6-4-23)42-25-7-9-26(10-8-25)43(38)34(29(28(36)33-37)12-1-2-13-29)16-11-27(35)32-15-18-40-20-22-41-21-19-39-17-14-31/h3-10,37H,1-2,11-22,31H2,(H,32,35)(H,33,36). The van der Waals surface area contributed by atoms with Crippen molar-refractivity contribution in [3.05, 3.63) is 54.3 Å². The minimum atomic E-state index is -1.84. The van der Waals surface area contributed by atoms with Crippen molar-refractivity contribution in [1.82, 2.24) is 15.1 Å². The van der Waals surface area contributed by atoms with Crippen LogP contribution in [0.5, 0.6) is 11.5 Å². The maximum absolute atomic E-state index is 13.9. The van der Waals surface area contributed by atoms with Gasteiger partial charge in [-0.05, 0) is 61.4 Å². The van der Waals surface area contributed by atoms with Gasteiger partial charge in [0.15, 0.2) is 0 Å². The van der Waals surface area contributed by atoms with E-state index in [9.17, 15) is 23.4 Å². The van der Waals surface area contributed by atoms with Crippen molar-refractivity contribution in [2.24, 2.45) is 5.73 Å². The van der Waals surface area contributed by atoms with Crippen LogP contribution in [0.25, 0.3) is 0 Å². The summed E-state index contributed by atoms with van der Waals surface area (Å²) < 4.78 is 50.3. The first-order valence-corrected chi connectivity index (χ1v) is 15.4. The fourth-order valence-corrected chi connectivity index (χ4v) is 6.14. The summed E-state index contributed by atoms with van der Waals surface area (Å²) in [6.07, 6.45) is 2.16. The fourth-order valence-electron chi connectivity index (χ4n) is 4.68. The van der Waals surface area contributed by atoms with E-state index < -0.39 is 22.4 Å². The zero-order valence-corrected chi connectivity index (χ0v) is 25.0. The molecular weight excluding hydrogens is 583 g/mol. The lowest BCUT2D eigenvalue weighted by atomic mass is 9.96. The Morgan fingerprint density at radius 1 is 0.907 bits per heavy atom. The molecule has 2 amide bonds. The number of halogens is 1. The summed E-state index contributed by atoms with van der Waals surface area (Å²) >= 11 is 0. The van der Waals surface area contributed by atoms with Crippen molar-refractivity contribution in [2.45, 2.75) is 42.5 Å². The highest BCUT2D eigenvalue weighted by molar-refractivity contribution is 7.82. The highest BCUT2D eigenvalue weighted by atomic mass is 32.2. The van der Waals surface area contributed by atoms with E-state index in [2.05, 4.69) is 5.32 Å². The highest BCUT2D eigenvalue weighted by Gasteiger charge is 2.49. The van der Waals surface area contributed by atoms with Crippen LogP contribution in [0.15, 0.2) is 53.4 Å². The Balaban J connectivity index is 1.54. The van der Waals surface area contributed by atoms with Crippen molar-refractivity contribution in [3.63, 3.8) is 0 Å². The molecule has 12 nitrogen and oxygen atoms in total. The monoisotopic (exact) mass is 624 g/mol. The van der Waals surface area contributed by atoms with Crippen molar-refractivity contribution in [1.29, 1.82) is 0 Å². The number of rotatable bonds is 20. The SMILES string of the molecule is NCCOCCOCCOCCNC(=O)CCN(S(=O)c1ccc(Oc2ccc(F)cc2)cc1)C1(C(=O)NO)CCCC1. The van der Waals surface area contributed by atoms with E-state index in [4.69, 9.17) is 24.7 Å². The Bertz CT molecular complexity index is 1150. The molecule has 1 aliphatic rings. The highest BCUT2D eigenvalue weighted by Crippen LogP contribution is 2.38. The third kappa shape index (κ3) is 10.9. The third-order valence-electron chi connectivity index (χ3n) is 6.82. The second-order valence-electron chi connectivity index (χ2n) is 9.78. The van der Waals surface area contributed by atoms with Crippen LogP contribution in [0.4, 0.5) is 4.39 Å². The molecule has 2 aromatic carbocycles. The number of hydrogen-bond donors (Lipinski definition) is 4. The van der Waals surface area contributed by atoms with Gasteiger partial charge in [0.25, 0.3) is 5.91 Å². The maximum atomic E-state index is 13.9. The summed E-state index contributed by atoms with van der Waals surface area (Å²) in [6.45, 7) is 3.22. The van der Waals surface area contributed by atoms with Gasteiger partial charge in [-0.3, -0.25) is 14.8 Å². The number of nitrogens with zero attached hydrogens (tertiary/aromatic N) is 1. The number of carbonyl (C=O) groups excluding carboxylic acids is 2. The van der Waals surface area contributed by atoms with Gasteiger partial charge in [0, 0.05) is 26.1 Å². The molecule has 43 heavy (non-hydrogen) atoms. The number of amides is 2. The molecule has 1 aliphatic carbocycles. The van der Waals surface area contributed by atoms with E-state index in [1.807, 2.05) is 0 Å². The largest absolute Gasteiger partial charge is 0.457 e. The van der Waals surface area contributed by atoms with E-state index in [-0.39, 0.29) is 37.8 Å². The van der Waals surface area contributed by atoms with Crippen LogP contribution < -0.4 is 21.3 Å². The van der Waals surface area contributed by atoms with Crippen LogP contribution in [0.3, 0.4) is 0 Å².